The summed E-state index contributed by atoms with van der Waals surface area (Å²) < 4.78 is 0. The van der Waals surface area contributed by atoms with Gasteiger partial charge in [0.1, 0.15) is 6.04 Å². The summed E-state index contributed by atoms with van der Waals surface area (Å²) in [4.78, 5) is 24.3. The summed E-state index contributed by atoms with van der Waals surface area (Å²) in [6.45, 7) is 6.43. The standard InChI is InChI=1S/C17H27N3O2/c1-4-19-17(22)15(10-12(2)3)20-16(21)14(18)11-13-8-6-5-7-9-13/h5-9,12,14-15H,4,10-11,18H2,1-3H3,(H,19,22)(H,20,21). The van der Waals surface area contributed by atoms with Gasteiger partial charge in [-0.05, 0) is 31.2 Å². The first-order valence-corrected chi connectivity index (χ1v) is 7.81. The maximum absolute atomic E-state index is 12.2. The highest BCUT2D eigenvalue weighted by atomic mass is 16.2. The molecule has 0 aliphatic heterocycles. The first kappa shape index (κ1) is 18.2. The van der Waals surface area contributed by atoms with Gasteiger partial charge in [0.05, 0.1) is 6.04 Å². The van der Waals surface area contributed by atoms with E-state index in [0.29, 0.717) is 25.3 Å². The van der Waals surface area contributed by atoms with E-state index >= 15 is 0 Å². The minimum Gasteiger partial charge on any atom is -0.355 e. The highest BCUT2D eigenvalue weighted by Crippen LogP contribution is 2.07. The molecule has 2 amide bonds. The Labute approximate surface area is 132 Å². The average Bonchev–Trinajstić information content (AvgIpc) is 2.47. The van der Waals surface area contributed by atoms with Gasteiger partial charge < -0.3 is 16.4 Å². The highest BCUT2D eigenvalue weighted by molar-refractivity contribution is 5.89. The Kier molecular flexibility index (Phi) is 7.60. The summed E-state index contributed by atoms with van der Waals surface area (Å²) in [5.74, 6) is -0.143. The number of amides is 2. The number of carbonyl (C=O) groups excluding carboxylic acids is 2. The molecule has 0 spiro atoms. The molecule has 1 aromatic rings. The van der Waals surface area contributed by atoms with Crippen LogP contribution in [0.25, 0.3) is 0 Å². The van der Waals surface area contributed by atoms with E-state index in [4.69, 9.17) is 5.73 Å². The Morgan fingerprint density at radius 1 is 1.14 bits per heavy atom. The lowest BCUT2D eigenvalue weighted by Gasteiger charge is -2.22. The minimum absolute atomic E-state index is 0.156. The van der Waals surface area contributed by atoms with Gasteiger partial charge in [-0.2, -0.15) is 0 Å². The predicted molar refractivity (Wildman–Crippen MR) is 88.2 cm³/mol. The molecule has 0 heterocycles. The molecule has 122 valence electrons. The zero-order valence-electron chi connectivity index (χ0n) is 13.6. The van der Waals surface area contributed by atoms with Crippen molar-refractivity contribution in [2.24, 2.45) is 11.7 Å². The van der Waals surface area contributed by atoms with Gasteiger partial charge in [-0.1, -0.05) is 44.2 Å². The quantitative estimate of drug-likeness (QED) is 0.675. The zero-order chi connectivity index (χ0) is 16.5. The third kappa shape index (κ3) is 6.26. The van der Waals surface area contributed by atoms with Crippen molar-refractivity contribution in [3.8, 4) is 0 Å². The van der Waals surface area contributed by atoms with Crippen LogP contribution in [0.5, 0.6) is 0 Å². The smallest absolute Gasteiger partial charge is 0.242 e. The summed E-state index contributed by atoms with van der Waals surface area (Å²) in [6, 6.07) is 8.42. The van der Waals surface area contributed by atoms with Gasteiger partial charge >= 0.3 is 0 Å². The fourth-order valence-corrected chi connectivity index (χ4v) is 2.24. The predicted octanol–water partition coefficient (Wildman–Crippen LogP) is 1.22. The van der Waals surface area contributed by atoms with Crippen LogP contribution in [0.1, 0.15) is 32.8 Å². The highest BCUT2D eigenvalue weighted by Gasteiger charge is 2.24. The van der Waals surface area contributed by atoms with Crippen LogP contribution in [0.2, 0.25) is 0 Å². The molecule has 1 aromatic carbocycles. The fraction of sp³-hybridized carbons (Fsp3) is 0.529. The number of likely N-dealkylation sites (N-methyl/N-ethyl adjacent to an activating group) is 1. The molecule has 0 radical (unpaired) electrons. The molecule has 22 heavy (non-hydrogen) atoms. The number of nitrogens with one attached hydrogen (secondary N) is 2. The van der Waals surface area contributed by atoms with Crippen LogP contribution in [0.4, 0.5) is 0 Å². The van der Waals surface area contributed by atoms with E-state index in [-0.39, 0.29) is 11.8 Å². The van der Waals surface area contributed by atoms with E-state index in [2.05, 4.69) is 10.6 Å². The SMILES string of the molecule is CCNC(=O)C(CC(C)C)NC(=O)C(N)Cc1ccccc1. The van der Waals surface area contributed by atoms with E-state index in [1.165, 1.54) is 0 Å². The molecule has 0 fully saturated rings. The summed E-state index contributed by atoms with van der Waals surface area (Å²) >= 11 is 0. The van der Waals surface area contributed by atoms with Gasteiger partial charge in [-0.15, -0.1) is 0 Å². The van der Waals surface area contributed by atoms with Gasteiger partial charge in [0.25, 0.3) is 0 Å². The number of nitrogens with two attached hydrogens (primary N) is 1. The molecule has 0 aromatic heterocycles. The third-order valence-corrected chi connectivity index (χ3v) is 3.33. The van der Waals surface area contributed by atoms with Crippen LogP contribution in [-0.2, 0) is 16.0 Å². The van der Waals surface area contributed by atoms with Gasteiger partial charge in [-0.25, -0.2) is 0 Å². The van der Waals surface area contributed by atoms with Gasteiger partial charge in [0.15, 0.2) is 0 Å². The molecule has 5 heteroatoms. The number of hydrogen-bond donors (Lipinski definition) is 3. The summed E-state index contributed by atoms with van der Waals surface area (Å²) in [5, 5.41) is 5.53. The molecule has 5 nitrogen and oxygen atoms in total. The van der Waals surface area contributed by atoms with E-state index in [1.807, 2.05) is 51.1 Å². The average molecular weight is 305 g/mol. The molecule has 0 saturated carbocycles. The minimum atomic E-state index is -0.661. The van der Waals surface area contributed by atoms with E-state index in [0.717, 1.165) is 5.56 Å². The van der Waals surface area contributed by atoms with Crippen molar-refractivity contribution in [1.29, 1.82) is 0 Å². The molecule has 0 aliphatic carbocycles. The van der Waals surface area contributed by atoms with Gasteiger partial charge in [-0.3, -0.25) is 9.59 Å². The number of carbonyl (C=O) groups is 2. The van der Waals surface area contributed by atoms with Crippen molar-refractivity contribution >= 4 is 11.8 Å². The van der Waals surface area contributed by atoms with Crippen molar-refractivity contribution in [1.82, 2.24) is 10.6 Å². The van der Waals surface area contributed by atoms with E-state index in [1.54, 1.807) is 0 Å². The molecule has 2 unspecified atom stereocenters. The first-order valence-electron chi connectivity index (χ1n) is 7.81. The Hall–Kier alpha value is -1.88. The zero-order valence-corrected chi connectivity index (χ0v) is 13.6. The molecule has 0 saturated heterocycles. The lowest BCUT2D eigenvalue weighted by atomic mass is 10.0. The fourth-order valence-electron chi connectivity index (χ4n) is 2.24. The molecule has 1 rings (SSSR count). The maximum atomic E-state index is 12.2. The molecule has 4 N–H and O–H groups in total. The molecule has 0 aliphatic rings. The number of benzene rings is 1. The van der Waals surface area contributed by atoms with Crippen molar-refractivity contribution in [3.63, 3.8) is 0 Å². The van der Waals surface area contributed by atoms with Gasteiger partial charge in [0.2, 0.25) is 11.8 Å². The first-order chi connectivity index (χ1) is 10.4. The third-order valence-electron chi connectivity index (χ3n) is 3.33. The lowest BCUT2D eigenvalue weighted by Crippen LogP contribution is -2.52. The summed E-state index contributed by atoms with van der Waals surface area (Å²) in [5.41, 5.74) is 6.96. The normalized spacial score (nSPS) is 13.5. The topological polar surface area (TPSA) is 84.2 Å². The molecular formula is C17H27N3O2. The Bertz CT molecular complexity index is 474. The van der Waals surface area contributed by atoms with Crippen molar-refractivity contribution < 1.29 is 9.59 Å². The molecule has 2 atom stereocenters. The second-order valence-electron chi connectivity index (χ2n) is 5.88. The van der Waals surface area contributed by atoms with E-state index < -0.39 is 12.1 Å². The maximum Gasteiger partial charge on any atom is 0.242 e. The summed E-state index contributed by atoms with van der Waals surface area (Å²) in [7, 11) is 0. The summed E-state index contributed by atoms with van der Waals surface area (Å²) in [6.07, 6.45) is 1.05. The Balaban J connectivity index is 2.62. The van der Waals surface area contributed by atoms with Crippen LogP contribution in [0.15, 0.2) is 30.3 Å². The van der Waals surface area contributed by atoms with Crippen LogP contribution < -0.4 is 16.4 Å². The number of hydrogen-bond acceptors (Lipinski definition) is 3. The van der Waals surface area contributed by atoms with Crippen LogP contribution in [-0.4, -0.2) is 30.4 Å². The monoisotopic (exact) mass is 305 g/mol. The van der Waals surface area contributed by atoms with Crippen LogP contribution in [0, 0.1) is 5.92 Å². The number of rotatable bonds is 8. The van der Waals surface area contributed by atoms with Crippen molar-refractivity contribution in [2.75, 3.05) is 6.54 Å². The molecular weight excluding hydrogens is 278 g/mol. The molecule has 0 bridgehead atoms. The second kappa shape index (κ2) is 9.20. The van der Waals surface area contributed by atoms with E-state index in [9.17, 15) is 9.59 Å². The lowest BCUT2D eigenvalue weighted by molar-refractivity contribution is -0.129. The van der Waals surface area contributed by atoms with Crippen molar-refractivity contribution in [2.45, 2.75) is 45.7 Å². The van der Waals surface area contributed by atoms with Crippen LogP contribution >= 0.6 is 0 Å². The Morgan fingerprint density at radius 2 is 1.77 bits per heavy atom. The largest absolute Gasteiger partial charge is 0.355 e. The Morgan fingerprint density at radius 3 is 2.32 bits per heavy atom. The van der Waals surface area contributed by atoms with Crippen molar-refractivity contribution in [3.05, 3.63) is 35.9 Å². The second-order valence-corrected chi connectivity index (χ2v) is 5.88. The van der Waals surface area contributed by atoms with Gasteiger partial charge in [0, 0.05) is 6.54 Å². The van der Waals surface area contributed by atoms with Crippen LogP contribution in [0.3, 0.4) is 0 Å².